The number of aromatic nitrogens is 2. The standard InChI is InChI=1S/C19H29N3O5S/c1-10(2)22(7-13(23)9-26-6)8-14-20-17(24)15-12(5)16(28-18(15)21-14)19(25)27-11(3)4/h10-11,13,23H,7-9H2,1-6H3,(H,20,21,24)/t13-/m0/s1. The summed E-state index contributed by atoms with van der Waals surface area (Å²) in [6.45, 7) is 10.3. The Morgan fingerprint density at radius 3 is 2.57 bits per heavy atom. The minimum atomic E-state index is -0.635. The fraction of sp³-hybridized carbons (Fsp3) is 0.632. The first kappa shape index (κ1) is 22.5. The summed E-state index contributed by atoms with van der Waals surface area (Å²) >= 11 is 1.17. The third-order valence-electron chi connectivity index (χ3n) is 4.27. The molecule has 0 unspecified atom stereocenters. The second-order valence-corrected chi connectivity index (χ2v) is 8.33. The smallest absolute Gasteiger partial charge is 0.348 e. The highest BCUT2D eigenvalue weighted by Crippen LogP contribution is 2.28. The number of aryl methyl sites for hydroxylation is 1. The molecule has 9 heteroatoms. The summed E-state index contributed by atoms with van der Waals surface area (Å²) in [7, 11) is 1.54. The zero-order valence-corrected chi connectivity index (χ0v) is 18.1. The number of H-pyrrole nitrogens is 1. The van der Waals surface area contributed by atoms with Crippen LogP contribution < -0.4 is 5.56 Å². The maximum atomic E-state index is 12.6. The normalized spacial score (nSPS) is 13.1. The summed E-state index contributed by atoms with van der Waals surface area (Å²) in [5.74, 6) is 0.0452. The number of carbonyl (C=O) groups excluding carboxylic acids is 1. The Balaban J connectivity index is 2.34. The van der Waals surface area contributed by atoms with Crippen molar-refractivity contribution in [1.82, 2.24) is 14.9 Å². The van der Waals surface area contributed by atoms with Gasteiger partial charge in [-0.1, -0.05) is 0 Å². The van der Waals surface area contributed by atoms with Crippen molar-refractivity contribution in [2.75, 3.05) is 20.3 Å². The molecular weight excluding hydrogens is 382 g/mol. The number of thiophene rings is 1. The van der Waals surface area contributed by atoms with E-state index in [1.807, 2.05) is 18.7 Å². The van der Waals surface area contributed by atoms with Crippen molar-refractivity contribution < 1.29 is 19.4 Å². The molecule has 156 valence electrons. The van der Waals surface area contributed by atoms with Crippen molar-refractivity contribution in [2.45, 2.75) is 59.4 Å². The van der Waals surface area contributed by atoms with Crippen molar-refractivity contribution in [3.63, 3.8) is 0 Å². The average molecular weight is 412 g/mol. The number of carbonyl (C=O) groups is 1. The fourth-order valence-corrected chi connectivity index (χ4v) is 3.98. The van der Waals surface area contributed by atoms with Crippen LogP contribution in [0.3, 0.4) is 0 Å². The second kappa shape index (κ2) is 9.60. The lowest BCUT2D eigenvalue weighted by molar-refractivity contribution is 0.0272. The monoisotopic (exact) mass is 411 g/mol. The number of nitrogens with zero attached hydrogens (tertiary/aromatic N) is 2. The van der Waals surface area contributed by atoms with E-state index in [1.165, 1.54) is 18.4 Å². The number of rotatable bonds is 9. The van der Waals surface area contributed by atoms with E-state index >= 15 is 0 Å². The third-order valence-corrected chi connectivity index (χ3v) is 5.43. The van der Waals surface area contributed by atoms with Crippen LogP contribution in [-0.4, -0.2) is 64.5 Å². The summed E-state index contributed by atoms with van der Waals surface area (Å²) in [5.41, 5.74) is 0.306. The Bertz CT molecular complexity index is 874. The molecule has 0 aromatic carbocycles. The number of esters is 1. The van der Waals surface area contributed by atoms with Gasteiger partial charge in [0.2, 0.25) is 0 Å². The van der Waals surface area contributed by atoms with Crippen molar-refractivity contribution >= 4 is 27.5 Å². The van der Waals surface area contributed by atoms with Crippen molar-refractivity contribution in [3.05, 3.63) is 26.6 Å². The van der Waals surface area contributed by atoms with Crippen LogP contribution in [0.5, 0.6) is 0 Å². The van der Waals surface area contributed by atoms with Gasteiger partial charge in [0.15, 0.2) is 0 Å². The molecule has 1 atom stereocenters. The van der Waals surface area contributed by atoms with Crippen molar-refractivity contribution in [3.8, 4) is 0 Å². The number of hydrogen-bond acceptors (Lipinski definition) is 8. The van der Waals surface area contributed by atoms with Gasteiger partial charge in [-0.2, -0.15) is 0 Å². The first-order chi connectivity index (χ1) is 13.1. The number of nitrogens with one attached hydrogen (secondary N) is 1. The molecule has 2 aromatic heterocycles. The molecule has 0 saturated carbocycles. The molecule has 0 bridgehead atoms. The van der Waals surface area contributed by atoms with E-state index in [4.69, 9.17) is 9.47 Å². The Hall–Kier alpha value is -1.81. The van der Waals surface area contributed by atoms with E-state index in [0.717, 1.165) is 0 Å². The van der Waals surface area contributed by atoms with Gasteiger partial charge in [0.25, 0.3) is 5.56 Å². The number of aromatic amines is 1. The largest absolute Gasteiger partial charge is 0.459 e. The first-order valence-electron chi connectivity index (χ1n) is 9.28. The molecule has 2 aromatic rings. The highest BCUT2D eigenvalue weighted by atomic mass is 32.1. The number of aliphatic hydroxyl groups excluding tert-OH is 1. The summed E-state index contributed by atoms with van der Waals surface area (Å²) in [4.78, 5) is 35.2. The van der Waals surface area contributed by atoms with E-state index in [9.17, 15) is 14.7 Å². The number of ether oxygens (including phenoxy) is 2. The summed E-state index contributed by atoms with van der Waals surface area (Å²) in [6.07, 6.45) is -0.874. The Kier molecular flexibility index (Phi) is 7.70. The fourth-order valence-electron chi connectivity index (χ4n) is 2.89. The van der Waals surface area contributed by atoms with Gasteiger partial charge in [-0.05, 0) is 40.2 Å². The van der Waals surface area contributed by atoms with E-state index in [0.29, 0.717) is 39.6 Å². The molecule has 0 fully saturated rings. The predicted molar refractivity (Wildman–Crippen MR) is 109 cm³/mol. The van der Waals surface area contributed by atoms with Crippen LogP contribution in [0.25, 0.3) is 10.2 Å². The third kappa shape index (κ3) is 5.38. The second-order valence-electron chi connectivity index (χ2n) is 7.34. The lowest BCUT2D eigenvalue weighted by Crippen LogP contribution is -2.39. The van der Waals surface area contributed by atoms with Gasteiger partial charge >= 0.3 is 5.97 Å². The van der Waals surface area contributed by atoms with Crippen LogP contribution in [0, 0.1) is 6.92 Å². The molecule has 0 spiro atoms. The topological polar surface area (TPSA) is 105 Å². The van der Waals surface area contributed by atoms with Gasteiger partial charge in [-0.15, -0.1) is 11.3 Å². The van der Waals surface area contributed by atoms with E-state index in [2.05, 4.69) is 9.97 Å². The zero-order chi connectivity index (χ0) is 21.0. The Morgan fingerprint density at radius 1 is 1.32 bits per heavy atom. The molecule has 2 N–H and O–H groups in total. The summed E-state index contributed by atoms with van der Waals surface area (Å²) in [6, 6.07) is 0.133. The molecule has 0 saturated heterocycles. The lowest BCUT2D eigenvalue weighted by atomic mass is 10.2. The van der Waals surface area contributed by atoms with Crippen LogP contribution in [0.15, 0.2) is 4.79 Å². The van der Waals surface area contributed by atoms with Crippen LogP contribution in [0.4, 0.5) is 0 Å². The molecule has 0 aliphatic rings. The van der Waals surface area contributed by atoms with Crippen molar-refractivity contribution in [2.24, 2.45) is 0 Å². The average Bonchev–Trinajstić information content (AvgIpc) is 2.91. The molecule has 0 aliphatic carbocycles. The first-order valence-corrected chi connectivity index (χ1v) is 10.1. The summed E-state index contributed by atoms with van der Waals surface area (Å²) in [5, 5.41) is 10.5. The van der Waals surface area contributed by atoms with Crippen LogP contribution >= 0.6 is 11.3 Å². The van der Waals surface area contributed by atoms with E-state index < -0.39 is 12.1 Å². The molecular formula is C19H29N3O5S. The quantitative estimate of drug-likeness (QED) is 0.609. The number of aliphatic hydroxyl groups is 1. The van der Waals surface area contributed by atoms with Crippen molar-refractivity contribution in [1.29, 1.82) is 0 Å². The van der Waals surface area contributed by atoms with Gasteiger partial charge in [0, 0.05) is 19.7 Å². The molecule has 2 rings (SSSR count). The van der Waals surface area contributed by atoms with Crippen LogP contribution in [0.1, 0.15) is 48.8 Å². The molecule has 2 heterocycles. The highest BCUT2D eigenvalue weighted by molar-refractivity contribution is 7.20. The van der Waals surface area contributed by atoms with Gasteiger partial charge in [-0.3, -0.25) is 9.69 Å². The molecule has 0 amide bonds. The predicted octanol–water partition coefficient (Wildman–Crippen LogP) is 2.08. The Morgan fingerprint density at radius 2 is 2.00 bits per heavy atom. The van der Waals surface area contributed by atoms with Gasteiger partial charge in [0.05, 0.1) is 30.7 Å². The van der Waals surface area contributed by atoms with E-state index in [-0.39, 0.29) is 24.3 Å². The van der Waals surface area contributed by atoms with Crippen LogP contribution in [0.2, 0.25) is 0 Å². The van der Waals surface area contributed by atoms with E-state index in [1.54, 1.807) is 20.8 Å². The van der Waals surface area contributed by atoms with Gasteiger partial charge < -0.3 is 19.6 Å². The SMILES string of the molecule is COC[C@@H](O)CN(Cc1nc2sc(C(=O)OC(C)C)c(C)c2c(=O)[nH]1)C(C)C. The lowest BCUT2D eigenvalue weighted by Gasteiger charge is -2.27. The Labute approximate surface area is 168 Å². The maximum absolute atomic E-state index is 12.6. The molecule has 0 aliphatic heterocycles. The maximum Gasteiger partial charge on any atom is 0.348 e. The van der Waals surface area contributed by atoms with Gasteiger partial charge in [-0.25, -0.2) is 9.78 Å². The number of fused-ring (bicyclic) bond motifs is 1. The van der Waals surface area contributed by atoms with Gasteiger partial charge in [0.1, 0.15) is 15.5 Å². The highest BCUT2D eigenvalue weighted by Gasteiger charge is 2.22. The minimum Gasteiger partial charge on any atom is -0.459 e. The summed E-state index contributed by atoms with van der Waals surface area (Å²) < 4.78 is 10.2. The molecule has 8 nitrogen and oxygen atoms in total. The molecule has 0 radical (unpaired) electrons. The van der Waals surface area contributed by atoms with Crippen LogP contribution in [-0.2, 0) is 16.0 Å². The minimum absolute atomic E-state index is 0.133. The number of hydrogen-bond donors (Lipinski definition) is 2. The number of methoxy groups -OCH3 is 1. The molecule has 28 heavy (non-hydrogen) atoms. The zero-order valence-electron chi connectivity index (χ0n) is 17.2.